The fraction of sp³-hybridized carbons (Fsp3) is 0.0189. The fourth-order valence-corrected chi connectivity index (χ4v) is 9.49. The van der Waals surface area contributed by atoms with Gasteiger partial charge in [0, 0.05) is 27.8 Å². The maximum atomic E-state index is 5.54. The molecular formula is C53H33N3. The second-order valence-corrected chi connectivity index (χ2v) is 14.8. The molecule has 0 saturated heterocycles. The third-order valence-electron chi connectivity index (χ3n) is 11.8. The third-order valence-corrected chi connectivity index (χ3v) is 11.8. The summed E-state index contributed by atoms with van der Waals surface area (Å²) in [5.74, 6) is 0.0667. The molecule has 2 heterocycles. The SMILES string of the molecule is c1ccc(-c2nc3cccc(-n4c5ccccc5c5cc6c(cc54)C(c4ccccc4)c4c-6c5ccccc5c5ccccc45)c3nc2-c2ccccc2)cc1. The number of nitrogens with zero attached hydrogens (tertiary/aromatic N) is 3. The van der Waals surface area contributed by atoms with Crippen molar-refractivity contribution in [3.63, 3.8) is 0 Å². The van der Waals surface area contributed by atoms with E-state index < -0.39 is 0 Å². The van der Waals surface area contributed by atoms with Gasteiger partial charge in [-0.05, 0) is 79.7 Å². The van der Waals surface area contributed by atoms with Gasteiger partial charge < -0.3 is 4.57 Å². The predicted octanol–water partition coefficient (Wildman–Crippen LogP) is 13.5. The van der Waals surface area contributed by atoms with Gasteiger partial charge in [0.05, 0.1) is 33.6 Å². The second-order valence-electron chi connectivity index (χ2n) is 14.8. The molecule has 0 spiro atoms. The Morgan fingerprint density at radius 3 is 1.70 bits per heavy atom. The molecule has 1 atom stereocenters. The van der Waals surface area contributed by atoms with E-state index in [0.29, 0.717) is 0 Å². The molecule has 2 aromatic heterocycles. The molecule has 12 rings (SSSR count). The van der Waals surface area contributed by atoms with Gasteiger partial charge >= 0.3 is 0 Å². The number of rotatable bonds is 4. The van der Waals surface area contributed by atoms with Gasteiger partial charge in [-0.2, -0.15) is 0 Å². The molecule has 56 heavy (non-hydrogen) atoms. The molecule has 0 amide bonds. The lowest BCUT2D eigenvalue weighted by atomic mass is 9.85. The molecule has 0 radical (unpaired) electrons. The molecule has 9 aromatic carbocycles. The minimum atomic E-state index is 0.0667. The number of fused-ring (bicyclic) bond motifs is 12. The highest BCUT2D eigenvalue weighted by atomic mass is 15.0. The molecule has 1 aliphatic rings. The van der Waals surface area contributed by atoms with Crippen molar-refractivity contribution in [1.29, 1.82) is 0 Å². The minimum absolute atomic E-state index is 0.0667. The smallest absolute Gasteiger partial charge is 0.113 e. The molecule has 0 aliphatic heterocycles. The molecular weight excluding hydrogens is 679 g/mol. The zero-order valence-electron chi connectivity index (χ0n) is 30.4. The monoisotopic (exact) mass is 711 g/mol. The lowest BCUT2D eigenvalue weighted by Crippen LogP contribution is -2.02. The second kappa shape index (κ2) is 12.1. The van der Waals surface area contributed by atoms with Gasteiger partial charge in [-0.1, -0.05) is 164 Å². The number of benzene rings is 9. The van der Waals surface area contributed by atoms with Gasteiger partial charge in [0.25, 0.3) is 0 Å². The van der Waals surface area contributed by atoms with Crippen LogP contribution in [-0.2, 0) is 0 Å². The maximum Gasteiger partial charge on any atom is 0.113 e. The van der Waals surface area contributed by atoms with Crippen molar-refractivity contribution in [1.82, 2.24) is 14.5 Å². The van der Waals surface area contributed by atoms with Crippen molar-refractivity contribution in [2.24, 2.45) is 0 Å². The van der Waals surface area contributed by atoms with Crippen LogP contribution in [0.25, 0.3) is 93.7 Å². The highest BCUT2D eigenvalue weighted by molar-refractivity contribution is 6.20. The summed E-state index contributed by atoms with van der Waals surface area (Å²) in [5.41, 5.74) is 15.6. The Morgan fingerprint density at radius 1 is 0.411 bits per heavy atom. The van der Waals surface area contributed by atoms with Gasteiger partial charge in [-0.3, -0.25) is 0 Å². The summed E-state index contributed by atoms with van der Waals surface area (Å²) >= 11 is 0. The predicted molar refractivity (Wildman–Crippen MR) is 233 cm³/mol. The minimum Gasteiger partial charge on any atom is -0.307 e. The van der Waals surface area contributed by atoms with Crippen molar-refractivity contribution in [3.8, 4) is 39.3 Å². The van der Waals surface area contributed by atoms with Crippen LogP contribution in [-0.4, -0.2) is 14.5 Å². The van der Waals surface area contributed by atoms with Gasteiger partial charge in [-0.25, -0.2) is 9.97 Å². The van der Waals surface area contributed by atoms with E-state index >= 15 is 0 Å². The van der Waals surface area contributed by atoms with Crippen LogP contribution >= 0.6 is 0 Å². The molecule has 0 saturated carbocycles. The highest BCUT2D eigenvalue weighted by Crippen LogP contribution is 2.55. The molecule has 3 nitrogen and oxygen atoms in total. The summed E-state index contributed by atoms with van der Waals surface area (Å²) < 4.78 is 2.43. The van der Waals surface area contributed by atoms with Crippen LogP contribution in [0.3, 0.4) is 0 Å². The quantitative estimate of drug-likeness (QED) is 0.170. The topological polar surface area (TPSA) is 30.7 Å². The summed E-state index contributed by atoms with van der Waals surface area (Å²) in [7, 11) is 0. The molecule has 1 aliphatic carbocycles. The first-order valence-corrected chi connectivity index (χ1v) is 19.3. The summed E-state index contributed by atoms with van der Waals surface area (Å²) in [6.07, 6.45) is 0. The highest BCUT2D eigenvalue weighted by Gasteiger charge is 2.35. The van der Waals surface area contributed by atoms with E-state index in [0.717, 1.165) is 50.3 Å². The van der Waals surface area contributed by atoms with Gasteiger partial charge in [0.1, 0.15) is 5.52 Å². The zero-order chi connectivity index (χ0) is 36.7. The normalized spacial score (nSPS) is 13.5. The average Bonchev–Trinajstić information content (AvgIpc) is 3.78. The summed E-state index contributed by atoms with van der Waals surface area (Å²) in [5, 5.41) is 7.65. The van der Waals surface area contributed by atoms with E-state index in [-0.39, 0.29) is 5.92 Å². The fourth-order valence-electron chi connectivity index (χ4n) is 9.49. The van der Waals surface area contributed by atoms with E-state index in [2.05, 4.69) is 193 Å². The van der Waals surface area contributed by atoms with E-state index in [9.17, 15) is 0 Å². The van der Waals surface area contributed by atoms with Crippen LogP contribution in [0.5, 0.6) is 0 Å². The Hall–Kier alpha value is -7.36. The van der Waals surface area contributed by atoms with E-state index in [1.807, 2.05) is 6.07 Å². The van der Waals surface area contributed by atoms with E-state index in [4.69, 9.17) is 9.97 Å². The molecule has 0 N–H and O–H groups in total. The summed E-state index contributed by atoms with van der Waals surface area (Å²) in [6.45, 7) is 0. The molecule has 3 heteroatoms. The first-order chi connectivity index (χ1) is 27.8. The van der Waals surface area contributed by atoms with Crippen LogP contribution < -0.4 is 0 Å². The molecule has 0 bridgehead atoms. The third kappa shape index (κ3) is 4.46. The maximum absolute atomic E-state index is 5.54. The first-order valence-electron chi connectivity index (χ1n) is 19.3. The van der Waals surface area contributed by atoms with Crippen LogP contribution in [0.15, 0.2) is 194 Å². The molecule has 0 fully saturated rings. The Labute approximate surface area is 323 Å². The lowest BCUT2D eigenvalue weighted by Gasteiger charge is -2.18. The van der Waals surface area contributed by atoms with Gasteiger partial charge in [0.2, 0.25) is 0 Å². The number of aromatic nitrogens is 3. The number of para-hydroxylation sites is 2. The van der Waals surface area contributed by atoms with Crippen LogP contribution in [0.4, 0.5) is 0 Å². The Bertz CT molecular complexity index is 3350. The number of hydrogen-bond acceptors (Lipinski definition) is 2. The average molecular weight is 712 g/mol. The first kappa shape index (κ1) is 31.0. The largest absolute Gasteiger partial charge is 0.307 e. The van der Waals surface area contributed by atoms with E-state index in [1.54, 1.807) is 0 Å². The molecule has 1 unspecified atom stereocenters. The van der Waals surface area contributed by atoms with Crippen molar-refractivity contribution >= 4 is 54.4 Å². The Kier molecular flexibility index (Phi) is 6.69. The Balaban J connectivity index is 1.19. The molecule has 11 aromatic rings. The standard InChI is InChI=1S/C53H33N3/c1-4-17-33(18-5-1)48-43-32-47-41(31-42(43)49-39-26-12-10-23-36(39)37-24-11-13-27-40(37)50(48)49)38-25-14-15-29-45(38)56(47)46-30-16-28-44-53(46)55-52(35-21-8-3-9-22-35)51(54-44)34-19-6-2-7-20-34/h1-32,48H. The van der Waals surface area contributed by atoms with E-state index in [1.165, 1.54) is 60.1 Å². The summed E-state index contributed by atoms with van der Waals surface area (Å²) in [6, 6.07) is 70.0. The lowest BCUT2D eigenvalue weighted by molar-refractivity contribution is 1.03. The van der Waals surface area contributed by atoms with Crippen molar-refractivity contribution in [2.75, 3.05) is 0 Å². The Morgan fingerprint density at radius 2 is 0.982 bits per heavy atom. The van der Waals surface area contributed by atoms with Crippen molar-refractivity contribution in [2.45, 2.75) is 5.92 Å². The number of hydrogen-bond donors (Lipinski definition) is 0. The van der Waals surface area contributed by atoms with Gasteiger partial charge in [0.15, 0.2) is 0 Å². The van der Waals surface area contributed by atoms with Gasteiger partial charge in [-0.15, -0.1) is 0 Å². The summed E-state index contributed by atoms with van der Waals surface area (Å²) in [4.78, 5) is 10.9. The van der Waals surface area contributed by atoms with Crippen LogP contribution in [0.1, 0.15) is 22.6 Å². The van der Waals surface area contributed by atoms with Crippen LogP contribution in [0.2, 0.25) is 0 Å². The van der Waals surface area contributed by atoms with Crippen LogP contribution in [0, 0.1) is 0 Å². The van der Waals surface area contributed by atoms with Crippen molar-refractivity contribution in [3.05, 3.63) is 211 Å². The van der Waals surface area contributed by atoms with Crippen molar-refractivity contribution < 1.29 is 0 Å². The zero-order valence-corrected chi connectivity index (χ0v) is 30.4. The molecule has 260 valence electrons.